The van der Waals surface area contributed by atoms with Gasteiger partial charge in [-0.3, -0.25) is 19.8 Å². The molecule has 2 aromatic carbocycles. The van der Waals surface area contributed by atoms with E-state index < -0.39 is 4.92 Å². The number of non-ortho nitro benzene ring substituents is 1. The van der Waals surface area contributed by atoms with Crippen LogP contribution in [0.15, 0.2) is 61.2 Å². The number of fused-ring (bicyclic) bond motifs is 1. The van der Waals surface area contributed by atoms with Gasteiger partial charge in [0.25, 0.3) is 11.6 Å². The molecule has 0 N–H and O–H groups in total. The van der Waals surface area contributed by atoms with Gasteiger partial charge in [0.2, 0.25) is 0 Å². The van der Waals surface area contributed by atoms with E-state index in [2.05, 4.69) is 11.5 Å². The lowest BCUT2D eigenvalue weighted by Gasteiger charge is -2.27. The number of hydrogen-bond acceptors (Lipinski definition) is 7. The van der Waals surface area contributed by atoms with Crippen molar-refractivity contribution in [3.8, 4) is 11.4 Å². The maximum Gasteiger partial charge on any atom is 0.270 e. The number of nitrogens with zero attached hydrogens (tertiary/aromatic N) is 5. The van der Waals surface area contributed by atoms with Gasteiger partial charge < -0.3 is 14.4 Å². The van der Waals surface area contributed by atoms with Crippen LogP contribution < -0.4 is 4.74 Å². The van der Waals surface area contributed by atoms with E-state index in [1.807, 2.05) is 35.0 Å². The predicted octanol–water partition coefficient (Wildman–Crippen LogP) is 3.62. The van der Waals surface area contributed by atoms with Crippen molar-refractivity contribution in [1.29, 1.82) is 0 Å². The van der Waals surface area contributed by atoms with Crippen molar-refractivity contribution in [3.05, 3.63) is 93.8 Å². The Morgan fingerprint density at radius 2 is 2.05 bits per heavy atom. The standard InChI is InChI=1S/C27H31N5O5/c1-4-13-29-14-12-24-22(18-29)23(28-31(24)25-10-5-6-11-26(25)37-3)19-30(15-16-36-2)27(33)20-8-7-9-21(17-20)32(34)35/h4-11,17H,1,12-16,18-19H2,2-3H3. The molecule has 0 atom stereocenters. The zero-order chi connectivity index (χ0) is 26.4. The first-order chi connectivity index (χ1) is 18.0. The van der Waals surface area contributed by atoms with Crippen LogP contribution in [-0.4, -0.2) is 70.9 Å². The van der Waals surface area contributed by atoms with Gasteiger partial charge in [-0.05, 0) is 18.2 Å². The fourth-order valence-corrected chi connectivity index (χ4v) is 4.58. The highest BCUT2D eigenvalue weighted by Crippen LogP contribution is 2.30. The number of benzene rings is 2. The molecule has 0 aliphatic carbocycles. The Bertz CT molecular complexity index is 1290. The van der Waals surface area contributed by atoms with Gasteiger partial charge in [0, 0.05) is 63.0 Å². The van der Waals surface area contributed by atoms with Crippen LogP contribution in [0.2, 0.25) is 0 Å². The molecular weight excluding hydrogens is 474 g/mol. The molecule has 0 spiro atoms. The highest BCUT2D eigenvalue weighted by Gasteiger charge is 2.28. The highest BCUT2D eigenvalue weighted by atomic mass is 16.6. The molecule has 194 valence electrons. The lowest BCUT2D eigenvalue weighted by Crippen LogP contribution is -2.35. The van der Waals surface area contributed by atoms with E-state index in [0.717, 1.165) is 42.1 Å². The Labute approximate surface area is 215 Å². The van der Waals surface area contributed by atoms with Crippen molar-refractivity contribution in [3.63, 3.8) is 0 Å². The number of nitro groups is 1. The normalized spacial score (nSPS) is 13.1. The summed E-state index contributed by atoms with van der Waals surface area (Å²) in [5.41, 5.74) is 3.86. The van der Waals surface area contributed by atoms with E-state index in [0.29, 0.717) is 25.4 Å². The van der Waals surface area contributed by atoms with Crippen LogP contribution in [0.3, 0.4) is 0 Å². The number of carbonyl (C=O) groups is 1. The molecule has 10 nitrogen and oxygen atoms in total. The number of rotatable bonds is 11. The molecule has 0 unspecified atom stereocenters. The minimum absolute atomic E-state index is 0.129. The third-order valence-electron chi connectivity index (χ3n) is 6.42. The van der Waals surface area contributed by atoms with Gasteiger partial charge in [-0.1, -0.05) is 24.3 Å². The first-order valence-corrected chi connectivity index (χ1v) is 12.1. The molecule has 0 saturated heterocycles. The summed E-state index contributed by atoms with van der Waals surface area (Å²) < 4.78 is 12.8. The zero-order valence-electron chi connectivity index (χ0n) is 21.1. The minimum atomic E-state index is -0.504. The van der Waals surface area contributed by atoms with E-state index in [4.69, 9.17) is 14.6 Å². The van der Waals surface area contributed by atoms with Crippen LogP contribution in [0.25, 0.3) is 5.69 Å². The molecule has 37 heavy (non-hydrogen) atoms. The van der Waals surface area contributed by atoms with Gasteiger partial charge in [-0.15, -0.1) is 6.58 Å². The quantitative estimate of drug-likeness (QED) is 0.223. The van der Waals surface area contributed by atoms with Crippen LogP contribution >= 0.6 is 0 Å². The zero-order valence-corrected chi connectivity index (χ0v) is 21.1. The first kappa shape index (κ1) is 26.1. The maximum atomic E-state index is 13.5. The van der Waals surface area contributed by atoms with Crippen LogP contribution in [0.5, 0.6) is 5.75 Å². The number of hydrogen-bond donors (Lipinski definition) is 0. The Kier molecular flexibility index (Phi) is 8.32. The van der Waals surface area contributed by atoms with Crippen LogP contribution in [0.1, 0.15) is 27.3 Å². The second-order valence-corrected chi connectivity index (χ2v) is 8.76. The maximum absolute atomic E-state index is 13.5. The summed E-state index contributed by atoms with van der Waals surface area (Å²) >= 11 is 0. The lowest BCUT2D eigenvalue weighted by atomic mass is 10.0. The van der Waals surface area contributed by atoms with Crippen molar-refractivity contribution in [1.82, 2.24) is 19.6 Å². The molecule has 10 heteroatoms. The third-order valence-corrected chi connectivity index (χ3v) is 6.42. The monoisotopic (exact) mass is 505 g/mol. The molecular formula is C27H31N5O5. The Hall–Kier alpha value is -4.02. The van der Waals surface area contributed by atoms with Gasteiger partial charge in [0.05, 0.1) is 36.6 Å². The summed E-state index contributed by atoms with van der Waals surface area (Å²) in [6, 6.07) is 13.5. The second-order valence-electron chi connectivity index (χ2n) is 8.76. The molecule has 0 radical (unpaired) electrons. The third kappa shape index (κ3) is 5.71. The summed E-state index contributed by atoms with van der Waals surface area (Å²) in [5, 5.41) is 16.2. The summed E-state index contributed by atoms with van der Waals surface area (Å²) in [5.74, 6) is 0.386. The molecule has 2 heterocycles. The Balaban J connectivity index is 1.74. The van der Waals surface area contributed by atoms with Crippen molar-refractivity contribution >= 4 is 11.6 Å². The summed E-state index contributed by atoms with van der Waals surface area (Å²) in [7, 11) is 3.20. The fourth-order valence-electron chi connectivity index (χ4n) is 4.58. The van der Waals surface area contributed by atoms with E-state index >= 15 is 0 Å². The molecule has 0 fully saturated rings. The fraction of sp³-hybridized carbons (Fsp3) is 0.333. The molecule has 3 aromatic rings. The number of para-hydroxylation sites is 2. The molecule has 1 aliphatic rings. The number of amides is 1. The summed E-state index contributed by atoms with van der Waals surface area (Å²) in [6.07, 6.45) is 2.66. The van der Waals surface area contributed by atoms with Crippen molar-refractivity contribution in [2.24, 2.45) is 0 Å². The van der Waals surface area contributed by atoms with Crippen molar-refractivity contribution in [2.75, 3.05) is 40.5 Å². The van der Waals surface area contributed by atoms with Crippen molar-refractivity contribution < 1.29 is 19.2 Å². The number of carbonyl (C=O) groups excluding carboxylic acids is 1. The average Bonchev–Trinajstić information content (AvgIpc) is 3.28. The highest BCUT2D eigenvalue weighted by molar-refractivity contribution is 5.94. The van der Waals surface area contributed by atoms with Gasteiger partial charge in [-0.25, -0.2) is 4.68 Å². The average molecular weight is 506 g/mol. The molecule has 1 aromatic heterocycles. The Morgan fingerprint density at radius 3 is 2.78 bits per heavy atom. The first-order valence-electron chi connectivity index (χ1n) is 12.1. The van der Waals surface area contributed by atoms with Gasteiger partial charge in [0.15, 0.2) is 0 Å². The molecule has 4 rings (SSSR count). The summed E-state index contributed by atoms with van der Waals surface area (Å²) in [4.78, 5) is 28.2. The minimum Gasteiger partial charge on any atom is -0.494 e. The molecule has 1 amide bonds. The summed E-state index contributed by atoms with van der Waals surface area (Å²) in [6.45, 7) is 7.02. The van der Waals surface area contributed by atoms with E-state index in [1.54, 1.807) is 25.2 Å². The molecule has 1 aliphatic heterocycles. The second kappa shape index (κ2) is 11.8. The lowest BCUT2D eigenvalue weighted by molar-refractivity contribution is -0.384. The SMILES string of the molecule is C=CCN1CCc2c(c(CN(CCOC)C(=O)c3cccc([N+](=O)[O-])c3)nn2-c2ccccc2OC)C1. The van der Waals surface area contributed by atoms with Crippen LogP contribution in [-0.2, 0) is 24.2 Å². The van der Waals surface area contributed by atoms with Crippen molar-refractivity contribution in [2.45, 2.75) is 19.5 Å². The number of aromatic nitrogens is 2. The van der Waals surface area contributed by atoms with E-state index in [1.165, 1.54) is 18.2 Å². The topological polar surface area (TPSA) is 103 Å². The van der Waals surface area contributed by atoms with Gasteiger partial charge in [-0.2, -0.15) is 5.10 Å². The van der Waals surface area contributed by atoms with E-state index in [9.17, 15) is 14.9 Å². The number of methoxy groups -OCH3 is 2. The number of ether oxygens (including phenoxy) is 2. The van der Waals surface area contributed by atoms with Gasteiger partial charge >= 0.3 is 0 Å². The predicted molar refractivity (Wildman–Crippen MR) is 139 cm³/mol. The van der Waals surface area contributed by atoms with Crippen LogP contribution in [0.4, 0.5) is 5.69 Å². The van der Waals surface area contributed by atoms with Crippen LogP contribution in [0, 0.1) is 10.1 Å². The number of nitro benzene ring substituents is 1. The molecule has 0 saturated carbocycles. The van der Waals surface area contributed by atoms with Gasteiger partial charge in [0.1, 0.15) is 11.4 Å². The Morgan fingerprint density at radius 1 is 1.24 bits per heavy atom. The smallest absolute Gasteiger partial charge is 0.270 e. The van der Waals surface area contributed by atoms with E-state index in [-0.39, 0.29) is 23.7 Å². The largest absolute Gasteiger partial charge is 0.494 e. The molecule has 0 bridgehead atoms.